The summed E-state index contributed by atoms with van der Waals surface area (Å²) in [6.07, 6.45) is 2.68. The molecule has 0 aromatic heterocycles. The Morgan fingerprint density at radius 3 is 2.50 bits per heavy atom. The van der Waals surface area contributed by atoms with Crippen molar-refractivity contribution < 1.29 is 0 Å². The summed E-state index contributed by atoms with van der Waals surface area (Å²) in [6.45, 7) is 7.23. The van der Waals surface area contributed by atoms with Crippen molar-refractivity contribution in [3.63, 3.8) is 0 Å². The van der Waals surface area contributed by atoms with Crippen LogP contribution >= 0.6 is 23.4 Å². The normalized spacial score (nSPS) is 65.0. The van der Waals surface area contributed by atoms with Crippen LogP contribution in [0.25, 0.3) is 0 Å². The molecule has 4 aliphatic rings. The van der Waals surface area contributed by atoms with E-state index in [0.717, 1.165) is 5.92 Å². The van der Waals surface area contributed by atoms with E-state index in [2.05, 4.69) is 32.5 Å². The van der Waals surface area contributed by atoms with Crippen LogP contribution in [-0.4, -0.2) is 14.9 Å². The van der Waals surface area contributed by atoms with Crippen molar-refractivity contribution in [2.45, 2.75) is 48.5 Å². The second-order valence-electron chi connectivity index (χ2n) is 5.36. The average molecular weight is 203 g/mol. The van der Waals surface area contributed by atoms with Gasteiger partial charge in [0, 0.05) is 14.9 Å². The molecule has 3 aliphatic carbocycles. The molecule has 1 saturated heterocycles. The lowest BCUT2D eigenvalue weighted by Crippen LogP contribution is -2.62. The maximum Gasteiger partial charge on any atom is 0.0497 e. The summed E-state index contributed by atoms with van der Waals surface area (Å²) in [5, 5.41) is 0.439. The van der Waals surface area contributed by atoms with Crippen LogP contribution in [0.1, 0.15) is 33.6 Å². The van der Waals surface area contributed by atoms with E-state index in [1.807, 2.05) is 0 Å². The molecule has 68 valence electrons. The Morgan fingerprint density at radius 1 is 1.33 bits per heavy atom. The van der Waals surface area contributed by atoms with E-state index in [9.17, 15) is 0 Å². The number of alkyl halides is 1. The summed E-state index contributed by atoms with van der Waals surface area (Å²) in [6, 6.07) is 0. The zero-order valence-electron chi connectivity index (χ0n) is 7.86. The third-order valence-corrected chi connectivity index (χ3v) is 7.89. The Kier molecular flexibility index (Phi) is 1.15. The number of rotatable bonds is 0. The van der Waals surface area contributed by atoms with Gasteiger partial charge in [0.1, 0.15) is 0 Å². The summed E-state index contributed by atoms with van der Waals surface area (Å²) < 4.78 is 1.00. The summed E-state index contributed by atoms with van der Waals surface area (Å²) >= 11 is 8.53. The van der Waals surface area contributed by atoms with Crippen LogP contribution in [-0.2, 0) is 0 Å². The van der Waals surface area contributed by atoms with Gasteiger partial charge in [-0.15, -0.1) is 23.4 Å². The van der Waals surface area contributed by atoms with Crippen LogP contribution in [0.5, 0.6) is 0 Å². The van der Waals surface area contributed by atoms with Gasteiger partial charge < -0.3 is 0 Å². The molecule has 3 saturated carbocycles. The van der Waals surface area contributed by atoms with E-state index >= 15 is 0 Å². The number of thioether (sulfide) groups is 1. The number of hydrogen-bond donors (Lipinski definition) is 0. The van der Waals surface area contributed by atoms with Gasteiger partial charge in [-0.1, -0.05) is 13.8 Å². The Hall–Kier alpha value is 0.640. The maximum atomic E-state index is 6.38. The molecule has 4 fully saturated rings. The highest BCUT2D eigenvalue weighted by molar-refractivity contribution is 8.10. The van der Waals surface area contributed by atoms with Crippen LogP contribution in [0.15, 0.2) is 0 Å². The Labute approximate surface area is 83.4 Å². The van der Waals surface area contributed by atoms with Gasteiger partial charge in [0.05, 0.1) is 0 Å². The molecule has 2 bridgehead atoms. The first-order valence-corrected chi connectivity index (χ1v) is 6.04. The number of halogens is 1. The van der Waals surface area contributed by atoms with Crippen molar-refractivity contribution in [3.05, 3.63) is 0 Å². The topological polar surface area (TPSA) is 0 Å². The SMILES string of the molecule is CC1(C)C2CC(Cl)C3(C)SC13C2. The van der Waals surface area contributed by atoms with E-state index < -0.39 is 0 Å². The van der Waals surface area contributed by atoms with Crippen molar-refractivity contribution in [1.82, 2.24) is 0 Å². The van der Waals surface area contributed by atoms with Crippen LogP contribution < -0.4 is 0 Å². The fourth-order valence-electron chi connectivity index (χ4n) is 3.59. The molecule has 0 N–H and O–H groups in total. The number of hydrogen-bond acceptors (Lipinski definition) is 1. The van der Waals surface area contributed by atoms with Gasteiger partial charge in [-0.25, -0.2) is 0 Å². The first kappa shape index (κ1) is 7.99. The Balaban J connectivity index is 2.05. The van der Waals surface area contributed by atoms with Crippen LogP contribution in [0, 0.1) is 11.3 Å². The lowest BCUT2D eigenvalue weighted by atomic mass is 9.46. The van der Waals surface area contributed by atoms with E-state index in [0.29, 0.717) is 20.3 Å². The quantitative estimate of drug-likeness (QED) is 0.429. The second kappa shape index (κ2) is 1.72. The van der Waals surface area contributed by atoms with Crippen molar-refractivity contribution in [1.29, 1.82) is 0 Å². The molecule has 4 unspecified atom stereocenters. The lowest BCUT2D eigenvalue weighted by Gasteiger charge is -2.59. The standard InChI is InChI=1S/C10H15ClS/c1-8(2)6-4-7(11)9(3)10(8,5-6)12-9/h6-7H,4-5H2,1-3H3. The van der Waals surface area contributed by atoms with E-state index in [-0.39, 0.29) is 0 Å². The monoisotopic (exact) mass is 202 g/mol. The molecule has 0 aromatic rings. The van der Waals surface area contributed by atoms with Crippen LogP contribution in [0.3, 0.4) is 0 Å². The summed E-state index contributed by atoms with van der Waals surface area (Å²) in [5.41, 5.74) is 0.567. The second-order valence-corrected chi connectivity index (χ2v) is 7.64. The first-order valence-electron chi connectivity index (χ1n) is 4.78. The third-order valence-electron chi connectivity index (χ3n) is 4.83. The van der Waals surface area contributed by atoms with Crippen molar-refractivity contribution in [3.8, 4) is 0 Å². The molecule has 0 radical (unpaired) electrons. The molecule has 1 spiro atoms. The van der Waals surface area contributed by atoms with Gasteiger partial charge in [0.25, 0.3) is 0 Å². The van der Waals surface area contributed by atoms with Gasteiger partial charge in [-0.05, 0) is 31.1 Å². The molecule has 2 heteroatoms. The highest BCUT2D eigenvalue weighted by Gasteiger charge is 2.84. The molecule has 0 amide bonds. The fraction of sp³-hybridized carbons (Fsp3) is 1.00. The first-order chi connectivity index (χ1) is 5.44. The minimum atomic E-state index is 0.423. The van der Waals surface area contributed by atoms with Gasteiger partial charge in [0.15, 0.2) is 0 Å². The van der Waals surface area contributed by atoms with Gasteiger partial charge in [0.2, 0.25) is 0 Å². The van der Waals surface area contributed by atoms with Crippen LogP contribution in [0.2, 0.25) is 0 Å². The zero-order chi connectivity index (χ0) is 8.78. The molecule has 12 heavy (non-hydrogen) atoms. The van der Waals surface area contributed by atoms with Crippen molar-refractivity contribution in [2.24, 2.45) is 11.3 Å². The molecule has 0 aromatic carbocycles. The third kappa shape index (κ3) is 0.519. The maximum absolute atomic E-state index is 6.38. The minimum absolute atomic E-state index is 0.423. The predicted octanol–water partition coefficient (Wildman–Crippen LogP) is 3.29. The zero-order valence-corrected chi connectivity index (χ0v) is 9.43. The molecule has 1 heterocycles. The predicted molar refractivity (Wildman–Crippen MR) is 54.9 cm³/mol. The van der Waals surface area contributed by atoms with E-state index in [1.165, 1.54) is 12.8 Å². The molecule has 0 nitrogen and oxygen atoms in total. The Morgan fingerprint density at radius 2 is 2.00 bits per heavy atom. The number of fused-ring (bicyclic) bond motifs is 1. The molecular formula is C10H15ClS. The largest absolute Gasteiger partial charge is 0.144 e. The summed E-state index contributed by atoms with van der Waals surface area (Å²) in [4.78, 5) is 0. The lowest BCUT2D eigenvalue weighted by molar-refractivity contribution is -0.0233. The highest BCUT2D eigenvalue weighted by atomic mass is 35.5. The smallest absolute Gasteiger partial charge is 0.0497 e. The summed E-state index contributed by atoms with van der Waals surface area (Å²) in [7, 11) is 0. The molecular weight excluding hydrogens is 188 g/mol. The molecule has 4 atom stereocenters. The van der Waals surface area contributed by atoms with Gasteiger partial charge in [-0.2, -0.15) is 0 Å². The average Bonchev–Trinajstić information content (AvgIpc) is 2.61. The highest BCUT2D eigenvalue weighted by Crippen LogP contribution is 2.87. The fourth-order valence-corrected chi connectivity index (χ4v) is 6.28. The summed E-state index contributed by atoms with van der Waals surface area (Å²) in [5.74, 6) is 0.906. The molecule has 4 rings (SSSR count). The van der Waals surface area contributed by atoms with Crippen molar-refractivity contribution in [2.75, 3.05) is 0 Å². The molecule has 1 aliphatic heterocycles. The minimum Gasteiger partial charge on any atom is -0.144 e. The van der Waals surface area contributed by atoms with Crippen LogP contribution in [0.4, 0.5) is 0 Å². The van der Waals surface area contributed by atoms with Crippen molar-refractivity contribution >= 4 is 23.4 Å². The Bertz CT molecular complexity index is 263. The van der Waals surface area contributed by atoms with E-state index in [4.69, 9.17) is 11.6 Å². The van der Waals surface area contributed by atoms with E-state index in [1.54, 1.807) is 0 Å². The van der Waals surface area contributed by atoms with Gasteiger partial charge in [-0.3, -0.25) is 0 Å². The van der Waals surface area contributed by atoms with Gasteiger partial charge >= 0.3 is 0 Å².